The second-order valence-corrected chi connectivity index (χ2v) is 5.91. The van der Waals surface area contributed by atoms with E-state index >= 15 is 0 Å². The van der Waals surface area contributed by atoms with Gasteiger partial charge in [-0.15, -0.1) is 0 Å². The molecule has 4 nitrogen and oxygen atoms in total. The monoisotopic (exact) mass is 593 g/mol. The second-order valence-electron chi connectivity index (χ2n) is 5.91. The van der Waals surface area contributed by atoms with Crippen LogP contribution in [-0.2, 0) is 18.6 Å². The zero-order valence-corrected chi connectivity index (χ0v) is 28.3. The smallest absolute Gasteiger partial charge is 0.0659 e. The van der Waals surface area contributed by atoms with Gasteiger partial charge in [-0.05, 0) is 72.8 Å². The van der Waals surface area contributed by atoms with Gasteiger partial charge in [0.2, 0.25) is 0 Å². The number of hydrogen-bond acceptors (Lipinski definition) is 2. The molecule has 8 bridgehead atoms. The molecule has 0 amide bonds. The number of fused-ring (bicyclic) bond motifs is 8. The topological polar surface area (TPSA) is 57.4 Å². The Bertz CT molecular complexity index is 1080. The molecule has 5 heteroatoms. The maximum Gasteiger partial charge on any atom is 0.0659 e. The molecule has 0 fully saturated rings. The van der Waals surface area contributed by atoms with Crippen LogP contribution in [0.1, 0.15) is 78.2 Å². The first kappa shape index (κ1) is 47.9. The van der Waals surface area contributed by atoms with E-state index in [1.807, 2.05) is 42.5 Å². The van der Waals surface area contributed by atoms with Gasteiger partial charge in [0.05, 0.1) is 22.8 Å². The minimum absolute atomic E-state index is 0. The second kappa shape index (κ2) is 35.2. The Morgan fingerprint density at radius 2 is 0.585 bits per heavy atom. The zero-order valence-electron chi connectivity index (χ0n) is 26.9. The van der Waals surface area contributed by atoms with Crippen LogP contribution in [0.2, 0.25) is 0 Å². The number of aromatic amines is 2. The van der Waals surface area contributed by atoms with Crippen LogP contribution < -0.4 is 0 Å². The SMILES string of the molecule is C1=Cc2cc3ccc(cc4ccc(cc5nc(cc1n2)C=C5)[nH]4)[nH]3.[CH2-]C.[CH2-]C.[CH2-]C.[CH2-]C.[CH2-]C.[CH2-]C.[CH2-]C.[CH2-]C.[V]. The van der Waals surface area contributed by atoms with Gasteiger partial charge in [0.25, 0.3) is 0 Å². The van der Waals surface area contributed by atoms with E-state index in [0.29, 0.717) is 0 Å². The third-order valence-electron chi connectivity index (χ3n) is 4.04. The van der Waals surface area contributed by atoms with E-state index in [2.05, 4.69) is 106 Å². The molecule has 0 atom stereocenters. The minimum atomic E-state index is 0. The molecule has 3 aromatic rings. The molecule has 0 spiro atoms. The molecule has 41 heavy (non-hydrogen) atoms. The molecule has 3 aromatic heterocycles. The van der Waals surface area contributed by atoms with E-state index in [0.717, 1.165) is 44.8 Å². The van der Waals surface area contributed by atoms with Gasteiger partial charge in [-0.3, -0.25) is 0 Å². The van der Waals surface area contributed by atoms with E-state index in [4.69, 9.17) is 0 Å². The molecule has 0 unspecified atom stereocenters. The number of nitrogens with one attached hydrogen (secondary N) is 2. The van der Waals surface area contributed by atoms with E-state index in [9.17, 15) is 0 Å². The van der Waals surface area contributed by atoms with Gasteiger partial charge in [0.15, 0.2) is 0 Å². The summed E-state index contributed by atoms with van der Waals surface area (Å²) < 4.78 is 0. The maximum atomic E-state index is 4.62. The summed E-state index contributed by atoms with van der Waals surface area (Å²) >= 11 is 0. The van der Waals surface area contributed by atoms with E-state index in [1.54, 1.807) is 55.4 Å². The zero-order chi connectivity index (χ0) is 31.9. The molecule has 0 aliphatic carbocycles. The molecule has 2 aliphatic heterocycles. The Morgan fingerprint density at radius 3 is 0.854 bits per heavy atom. The quantitative estimate of drug-likeness (QED) is 0.175. The number of H-pyrrole nitrogens is 2. The molecule has 5 rings (SSSR count). The van der Waals surface area contributed by atoms with Crippen molar-refractivity contribution in [2.75, 3.05) is 0 Å². The molecule has 2 N–H and O–H groups in total. The van der Waals surface area contributed by atoms with Crippen LogP contribution in [0.25, 0.3) is 46.4 Å². The van der Waals surface area contributed by atoms with Crippen LogP contribution in [0.5, 0.6) is 0 Å². The van der Waals surface area contributed by atoms with Crippen molar-refractivity contribution in [3.05, 3.63) is 127 Å². The molecule has 0 saturated carbocycles. The summed E-state index contributed by atoms with van der Waals surface area (Å²) in [6, 6.07) is 16.4. The number of aromatic nitrogens is 4. The van der Waals surface area contributed by atoms with Crippen molar-refractivity contribution in [2.45, 2.75) is 55.4 Å². The third-order valence-corrected chi connectivity index (χ3v) is 4.04. The van der Waals surface area contributed by atoms with Crippen molar-refractivity contribution in [1.29, 1.82) is 0 Å². The van der Waals surface area contributed by atoms with Crippen molar-refractivity contribution < 1.29 is 18.6 Å². The fraction of sp³-hybridized carbons (Fsp3) is 0.222. The molecule has 0 aromatic carbocycles. The fourth-order valence-electron chi connectivity index (χ4n) is 2.94. The molecular formula is C36H54N4V-8. The van der Waals surface area contributed by atoms with Crippen molar-refractivity contribution in [2.24, 2.45) is 0 Å². The van der Waals surface area contributed by atoms with Crippen LogP contribution in [0.3, 0.4) is 0 Å². The Kier molecular flexibility index (Phi) is 41.2. The van der Waals surface area contributed by atoms with Gasteiger partial charge < -0.3 is 65.4 Å². The summed E-state index contributed by atoms with van der Waals surface area (Å²) in [4.78, 5) is 16.0. The van der Waals surface area contributed by atoms with Crippen LogP contribution >= 0.6 is 0 Å². The van der Waals surface area contributed by atoms with Gasteiger partial charge in [0, 0.05) is 40.6 Å². The normalized spacial score (nSPS) is 8.59. The summed E-state index contributed by atoms with van der Waals surface area (Å²) in [6.07, 6.45) is 8.05. The largest absolute Gasteiger partial charge is 0.355 e. The van der Waals surface area contributed by atoms with Crippen molar-refractivity contribution in [1.82, 2.24) is 19.9 Å². The van der Waals surface area contributed by atoms with E-state index < -0.39 is 0 Å². The first-order chi connectivity index (χ1) is 19.8. The van der Waals surface area contributed by atoms with E-state index in [1.165, 1.54) is 0 Å². The minimum Gasteiger partial charge on any atom is -0.355 e. The predicted molar refractivity (Wildman–Crippen MR) is 187 cm³/mol. The van der Waals surface area contributed by atoms with Gasteiger partial charge in [-0.2, -0.15) is 55.4 Å². The maximum absolute atomic E-state index is 4.62. The number of nitrogens with zero attached hydrogens (tertiary/aromatic N) is 2. The Balaban J connectivity index is -0.000000222. The number of rotatable bonds is 0. The van der Waals surface area contributed by atoms with Crippen LogP contribution in [0.15, 0.2) is 48.5 Å². The summed E-state index contributed by atoms with van der Waals surface area (Å²) in [5.74, 6) is 0. The molecule has 2 aliphatic rings. The molecule has 231 valence electrons. The first-order valence-electron chi connectivity index (χ1n) is 13.5. The summed E-state index contributed by atoms with van der Waals surface area (Å²) in [6.45, 7) is 40.0. The summed E-state index contributed by atoms with van der Waals surface area (Å²) in [5.41, 5.74) is 7.86. The third kappa shape index (κ3) is 19.0. The van der Waals surface area contributed by atoms with Gasteiger partial charge in [0.1, 0.15) is 0 Å². The Morgan fingerprint density at radius 1 is 0.366 bits per heavy atom. The first-order valence-corrected chi connectivity index (χ1v) is 13.5. The Hall–Kier alpha value is -2.82. The van der Waals surface area contributed by atoms with Gasteiger partial charge in [-0.1, -0.05) is 0 Å². The van der Waals surface area contributed by atoms with E-state index in [-0.39, 0.29) is 18.6 Å². The standard InChI is InChI=1S/C20H14N4.8C2H5.V/c1-2-14-10-16-5-6-18(23-16)12-20-8-7-19(24-20)11-17-4-3-15(22-17)9-13(1)21-14;8*1-2;/h1-12,21-22H;8*1H2,2H3;/q;8*-1;. The molecule has 5 heterocycles. The van der Waals surface area contributed by atoms with Crippen molar-refractivity contribution in [3.63, 3.8) is 0 Å². The predicted octanol–water partition coefficient (Wildman–Crippen LogP) is 11.4. The van der Waals surface area contributed by atoms with Crippen LogP contribution in [-0.4, -0.2) is 19.9 Å². The molecule has 0 saturated heterocycles. The molecular weight excluding hydrogens is 539 g/mol. The average Bonchev–Trinajstić information content (AvgIpc) is 3.88. The number of hydrogen-bond donors (Lipinski definition) is 2. The van der Waals surface area contributed by atoms with Crippen molar-refractivity contribution >= 4 is 46.4 Å². The van der Waals surface area contributed by atoms with Crippen molar-refractivity contribution in [3.8, 4) is 0 Å². The van der Waals surface area contributed by atoms with Crippen LogP contribution in [0, 0.1) is 55.4 Å². The van der Waals surface area contributed by atoms with Gasteiger partial charge in [-0.25, -0.2) is 9.97 Å². The van der Waals surface area contributed by atoms with Gasteiger partial charge >= 0.3 is 0 Å². The summed E-state index contributed by atoms with van der Waals surface area (Å²) in [7, 11) is 0. The summed E-state index contributed by atoms with van der Waals surface area (Å²) in [5, 5.41) is 0. The molecule has 1 radical (unpaired) electrons. The average molecular weight is 594 g/mol. The Labute approximate surface area is 266 Å². The fourth-order valence-corrected chi connectivity index (χ4v) is 2.94. The van der Waals surface area contributed by atoms with Crippen LogP contribution in [0.4, 0.5) is 0 Å².